The van der Waals surface area contributed by atoms with E-state index in [1.54, 1.807) is 0 Å². The zero-order valence-electron chi connectivity index (χ0n) is 9.86. The van der Waals surface area contributed by atoms with E-state index in [2.05, 4.69) is 14.7 Å². The molecule has 0 aromatic carbocycles. The molecule has 100 valence electrons. The summed E-state index contributed by atoms with van der Waals surface area (Å²) in [4.78, 5) is 19.8. The van der Waals surface area contributed by atoms with Crippen LogP contribution in [0.1, 0.15) is 17.3 Å². The molecule has 0 aliphatic carbocycles. The van der Waals surface area contributed by atoms with Gasteiger partial charge in [0, 0.05) is 18.9 Å². The number of rotatable bonds is 4. The zero-order chi connectivity index (χ0) is 13.8. The van der Waals surface area contributed by atoms with Gasteiger partial charge in [-0.2, -0.15) is 13.2 Å². The van der Waals surface area contributed by atoms with Crippen LogP contribution < -0.4 is 4.74 Å². The molecule has 1 amide bonds. The zero-order valence-corrected chi connectivity index (χ0v) is 9.86. The largest absolute Gasteiger partial charge is 0.467 e. The average Bonchev–Trinajstić information content (AvgIpc) is 2.34. The van der Waals surface area contributed by atoms with E-state index in [4.69, 9.17) is 0 Å². The van der Waals surface area contributed by atoms with Crippen LogP contribution in [-0.2, 0) is 0 Å². The minimum absolute atomic E-state index is 0.0121. The van der Waals surface area contributed by atoms with Crippen LogP contribution in [0.4, 0.5) is 13.2 Å². The monoisotopic (exact) mass is 263 g/mol. The lowest BCUT2D eigenvalue weighted by molar-refractivity contribution is -0.140. The minimum Gasteiger partial charge on any atom is -0.467 e. The lowest BCUT2D eigenvalue weighted by atomic mass is 10.3. The highest BCUT2D eigenvalue weighted by Crippen LogP contribution is 2.17. The Balaban J connectivity index is 2.82. The molecule has 0 fully saturated rings. The number of nitrogens with zero attached hydrogens (tertiary/aromatic N) is 3. The van der Waals surface area contributed by atoms with Crippen LogP contribution in [0.25, 0.3) is 0 Å². The summed E-state index contributed by atoms with van der Waals surface area (Å²) in [5.74, 6) is -0.766. The van der Waals surface area contributed by atoms with Crippen molar-refractivity contribution in [3.63, 3.8) is 0 Å². The number of halogens is 3. The van der Waals surface area contributed by atoms with Gasteiger partial charge in [-0.1, -0.05) is 0 Å². The molecule has 0 radical (unpaired) electrons. The van der Waals surface area contributed by atoms with Gasteiger partial charge in [0.1, 0.15) is 6.54 Å². The van der Waals surface area contributed by atoms with Crippen molar-refractivity contribution in [1.29, 1.82) is 0 Å². The molecule has 0 bridgehead atoms. The second-order valence-electron chi connectivity index (χ2n) is 3.39. The van der Waals surface area contributed by atoms with Crippen molar-refractivity contribution in [3.05, 3.63) is 18.0 Å². The Morgan fingerprint density at radius 1 is 1.39 bits per heavy atom. The second kappa shape index (κ2) is 5.65. The third-order valence-corrected chi connectivity index (χ3v) is 2.10. The van der Waals surface area contributed by atoms with E-state index in [-0.39, 0.29) is 18.1 Å². The predicted octanol–water partition coefficient (Wildman–Crippen LogP) is 1.51. The molecule has 0 saturated carbocycles. The fraction of sp³-hybridized carbons (Fsp3) is 0.500. The molecule has 1 aromatic heterocycles. The standard InChI is InChI=1S/C10H12F3N3O2/c1-3-16(6-10(11,12)13)8(17)7-4-14-9(18-2)15-5-7/h4-5H,3,6H2,1-2H3. The maximum absolute atomic E-state index is 12.2. The van der Waals surface area contributed by atoms with Crippen LogP contribution >= 0.6 is 0 Å². The molecule has 0 unspecified atom stereocenters. The fourth-order valence-electron chi connectivity index (χ4n) is 1.26. The van der Waals surface area contributed by atoms with Crippen LogP contribution in [-0.4, -0.2) is 47.2 Å². The molecule has 8 heteroatoms. The first kappa shape index (κ1) is 14.2. The Morgan fingerprint density at radius 3 is 2.33 bits per heavy atom. The molecular formula is C10H12F3N3O2. The van der Waals surface area contributed by atoms with Gasteiger partial charge in [-0.15, -0.1) is 0 Å². The van der Waals surface area contributed by atoms with Crippen LogP contribution in [0.2, 0.25) is 0 Å². The summed E-state index contributed by atoms with van der Waals surface area (Å²) in [6.45, 7) is 0.118. The molecule has 0 saturated heterocycles. The fourth-order valence-corrected chi connectivity index (χ4v) is 1.26. The van der Waals surface area contributed by atoms with E-state index in [1.807, 2.05) is 0 Å². The van der Waals surface area contributed by atoms with Gasteiger partial charge in [0.05, 0.1) is 12.7 Å². The van der Waals surface area contributed by atoms with Gasteiger partial charge in [0.2, 0.25) is 0 Å². The number of carbonyl (C=O) groups is 1. The molecule has 0 atom stereocenters. The van der Waals surface area contributed by atoms with Crippen molar-refractivity contribution >= 4 is 5.91 Å². The van der Waals surface area contributed by atoms with Crippen LogP contribution in [0.3, 0.4) is 0 Å². The van der Waals surface area contributed by atoms with Crippen molar-refractivity contribution in [2.45, 2.75) is 13.1 Å². The van der Waals surface area contributed by atoms with Crippen LogP contribution in [0.5, 0.6) is 6.01 Å². The molecule has 0 spiro atoms. The molecule has 5 nitrogen and oxygen atoms in total. The Labute approximate surface area is 102 Å². The van der Waals surface area contributed by atoms with Gasteiger partial charge >= 0.3 is 12.2 Å². The molecule has 1 aromatic rings. The van der Waals surface area contributed by atoms with Crippen molar-refractivity contribution < 1.29 is 22.7 Å². The first-order valence-corrected chi connectivity index (χ1v) is 5.09. The number of aromatic nitrogens is 2. The van der Waals surface area contributed by atoms with Crippen molar-refractivity contribution in [3.8, 4) is 6.01 Å². The van der Waals surface area contributed by atoms with Gasteiger partial charge < -0.3 is 9.64 Å². The van der Waals surface area contributed by atoms with E-state index in [0.717, 1.165) is 12.4 Å². The third-order valence-electron chi connectivity index (χ3n) is 2.10. The summed E-state index contributed by atoms with van der Waals surface area (Å²) in [5.41, 5.74) is -0.0121. The average molecular weight is 263 g/mol. The van der Waals surface area contributed by atoms with E-state index in [0.29, 0.717) is 4.90 Å². The molecule has 0 aliphatic heterocycles. The molecular weight excluding hydrogens is 251 g/mol. The maximum atomic E-state index is 12.2. The molecule has 1 rings (SSSR count). The minimum atomic E-state index is -4.43. The number of carbonyl (C=O) groups excluding carboxylic acids is 1. The van der Waals surface area contributed by atoms with Gasteiger partial charge in [0.15, 0.2) is 0 Å². The highest BCUT2D eigenvalue weighted by atomic mass is 19.4. The highest BCUT2D eigenvalue weighted by molar-refractivity contribution is 5.93. The third kappa shape index (κ3) is 3.86. The normalized spacial score (nSPS) is 11.2. The maximum Gasteiger partial charge on any atom is 0.406 e. The summed E-state index contributed by atoms with van der Waals surface area (Å²) in [6, 6.07) is 0.0467. The van der Waals surface area contributed by atoms with Crippen molar-refractivity contribution in [2.75, 3.05) is 20.2 Å². The second-order valence-corrected chi connectivity index (χ2v) is 3.39. The first-order chi connectivity index (χ1) is 8.37. The van der Waals surface area contributed by atoms with Gasteiger partial charge in [0.25, 0.3) is 5.91 Å². The number of alkyl halides is 3. The number of hydrogen-bond acceptors (Lipinski definition) is 4. The molecule has 0 aliphatic rings. The first-order valence-electron chi connectivity index (χ1n) is 5.09. The SMILES string of the molecule is CCN(CC(F)(F)F)C(=O)c1cnc(OC)nc1. The summed E-state index contributed by atoms with van der Waals surface area (Å²) in [5, 5.41) is 0. The molecule has 1 heterocycles. The number of amides is 1. The Bertz CT molecular complexity index is 406. The molecule has 18 heavy (non-hydrogen) atoms. The highest BCUT2D eigenvalue weighted by Gasteiger charge is 2.32. The van der Waals surface area contributed by atoms with Gasteiger partial charge in [-0.3, -0.25) is 4.79 Å². The van der Waals surface area contributed by atoms with Crippen LogP contribution in [0.15, 0.2) is 12.4 Å². The van der Waals surface area contributed by atoms with Crippen molar-refractivity contribution in [1.82, 2.24) is 14.9 Å². The number of hydrogen-bond donors (Lipinski definition) is 0. The number of ether oxygens (including phenoxy) is 1. The van der Waals surface area contributed by atoms with E-state index in [1.165, 1.54) is 14.0 Å². The molecule has 0 N–H and O–H groups in total. The Kier molecular flexibility index (Phi) is 4.46. The summed E-state index contributed by atoms with van der Waals surface area (Å²) >= 11 is 0. The van der Waals surface area contributed by atoms with E-state index in [9.17, 15) is 18.0 Å². The summed E-state index contributed by atoms with van der Waals surface area (Å²) in [7, 11) is 1.35. The van der Waals surface area contributed by atoms with Crippen LogP contribution in [0, 0.1) is 0 Å². The summed E-state index contributed by atoms with van der Waals surface area (Å²) < 4.78 is 41.4. The van der Waals surface area contributed by atoms with Crippen molar-refractivity contribution in [2.24, 2.45) is 0 Å². The van der Waals surface area contributed by atoms with Gasteiger partial charge in [-0.25, -0.2) is 9.97 Å². The predicted molar refractivity (Wildman–Crippen MR) is 56.2 cm³/mol. The topological polar surface area (TPSA) is 55.3 Å². The Hall–Kier alpha value is -1.86. The lowest BCUT2D eigenvalue weighted by Gasteiger charge is -2.21. The lowest BCUT2D eigenvalue weighted by Crippen LogP contribution is -2.38. The van der Waals surface area contributed by atoms with E-state index >= 15 is 0 Å². The summed E-state index contributed by atoms with van der Waals surface area (Å²) in [6.07, 6.45) is -2.17. The quantitative estimate of drug-likeness (QED) is 0.826. The Morgan fingerprint density at radius 2 is 1.94 bits per heavy atom. The van der Waals surface area contributed by atoms with E-state index < -0.39 is 18.6 Å². The number of methoxy groups -OCH3 is 1. The smallest absolute Gasteiger partial charge is 0.406 e. The van der Waals surface area contributed by atoms with Gasteiger partial charge in [-0.05, 0) is 6.92 Å².